The van der Waals surface area contributed by atoms with E-state index in [9.17, 15) is 9.59 Å². The Morgan fingerprint density at radius 2 is 1.81 bits per heavy atom. The highest BCUT2D eigenvalue weighted by Gasteiger charge is 2.16. The van der Waals surface area contributed by atoms with Crippen LogP contribution in [-0.4, -0.2) is 49.1 Å². The van der Waals surface area contributed by atoms with Gasteiger partial charge in [-0.05, 0) is 49.1 Å². The number of aromatic amines is 1. The highest BCUT2D eigenvalue weighted by atomic mass is 16.5. The van der Waals surface area contributed by atoms with Gasteiger partial charge in [0.15, 0.2) is 18.1 Å². The van der Waals surface area contributed by atoms with Crippen LogP contribution in [0.5, 0.6) is 11.5 Å². The van der Waals surface area contributed by atoms with Gasteiger partial charge in [-0.1, -0.05) is 24.3 Å². The van der Waals surface area contributed by atoms with E-state index in [1.165, 1.54) is 10.9 Å². The third-order valence-electron chi connectivity index (χ3n) is 5.41. The molecule has 170 valence electrons. The van der Waals surface area contributed by atoms with E-state index in [0.717, 1.165) is 17.5 Å². The van der Waals surface area contributed by atoms with E-state index >= 15 is 0 Å². The molecule has 1 amide bonds. The summed E-state index contributed by atoms with van der Waals surface area (Å²) in [6.07, 6.45) is 3.69. The smallest absolute Gasteiger partial charge is 0.306 e. The lowest BCUT2D eigenvalue weighted by Crippen LogP contribution is -2.34. The number of nitrogens with one attached hydrogen (secondary N) is 1. The van der Waals surface area contributed by atoms with E-state index < -0.39 is 0 Å². The number of aryl methyl sites for hydroxylation is 1. The van der Waals surface area contributed by atoms with E-state index in [1.54, 1.807) is 25.2 Å². The summed E-state index contributed by atoms with van der Waals surface area (Å²) in [5.41, 5.74) is 3.17. The van der Waals surface area contributed by atoms with Gasteiger partial charge in [0.25, 0.3) is 5.91 Å². The summed E-state index contributed by atoms with van der Waals surface area (Å²) < 4.78 is 15.8. The van der Waals surface area contributed by atoms with Crippen molar-refractivity contribution in [3.63, 3.8) is 0 Å². The fraction of sp³-hybridized carbons (Fsp3) is 0.360. The number of benzene rings is 2. The molecule has 0 aliphatic rings. The second-order valence-corrected chi connectivity index (χ2v) is 7.47. The molecule has 0 saturated heterocycles. The Labute approximate surface area is 188 Å². The summed E-state index contributed by atoms with van der Waals surface area (Å²) in [5.74, 6) is 0.648. The van der Waals surface area contributed by atoms with Crippen LogP contribution in [0.15, 0.2) is 48.7 Å². The molecule has 1 aromatic heterocycles. The number of amides is 1. The molecule has 0 aliphatic carbocycles. The number of methoxy groups -OCH3 is 2. The predicted molar refractivity (Wildman–Crippen MR) is 123 cm³/mol. The number of rotatable bonds is 11. The van der Waals surface area contributed by atoms with Gasteiger partial charge in [0.2, 0.25) is 0 Å². The third-order valence-corrected chi connectivity index (χ3v) is 5.41. The minimum Gasteiger partial charge on any atom is -0.493 e. The summed E-state index contributed by atoms with van der Waals surface area (Å²) >= 11 is 0. The van der Waals surface area contributed by atoms with E-state index in [2.05, 4.69) is 11.1 Å². The van der Waals surface area contributed by atoms with E-state index in [1.807, 2.05) is 43.5 Å². The van der Waals surface area contributed by atoms with Crippen molar-refractivity contribution in [1.82, 2.24) is 9.88 Å². The Balaban J connectivity index is 1.45. The largest absolute Gasteiger partial charge is 0.493 e. The zero-order chi connectivity index (χ0) is 22.9. The Morgan fingerprint density at radius 3 is 2.56 bits per heavy atom. The molecule has 0 fully saturated rings. The minimum atomic E-state index is -0.361. The number of aromatic nitrogens is 1. The molecule has 0 spiro atoms. The highest BCUT2D eigenvalue weighted by Crippen LogP contribution is 2.28. The van der Waals surface area contributed by atoms with Crippen molar-refractivity contribution in [2.45, 2.75) is 32.7 Å². The molecular formula is C25H30N2O5. The number of esters is 1. The standard InChI is InChI=1S/C25H30N2O5/c1-4-27(16-18-12-13-22(30-2)23(14-18)31-3)24(28)17-32-25(29)11-7-8-19-15-26-21-10-6-5-9-20(19)21/h5-6,9-10,12-15,26H,4,7-8,11,16-17H2,1-3H3. The van der Waals surface area contributed by atoms with Crippen molar-refractivity contribution >= 4 is 22.8 Å². The minimum absolute atomic E-state index is 0.229. The molecule has 1 heterocycles. The quantitative estimate of drug-likeness (QED) is 0.456. The van der Waals surface area contributed by atoms with Crippen molar-refractivity contribution in [3.05, 3.63) is 59.8 Å². The lowest BCUT2D eigenvalue weighted by molar-refractivity contribution is -0.152. The van der Waals surface area contributed by atoms with Crippen molar-refractivity contribution in [3.8, 4) is 11.5 Å². The first-order valence-electron chi connectivity index (χ1n) is 10.7. The Hall–Kier alpha value is -3.48. The second-order valence-electron chi connectivity index (χ2n) is 7.47. The van der Waals surface area contributed by atoms with Gasteiger partial charge in [0.1, 0.15) is 0 Å². The molecule has 3 aromatic rings. The zero-order valence-electron chi connectivity index (χ0n) is 18.8. The molecular weight excluding hydrogens is 408 g/mol. The Morgan fingerprint density at radius 1 is 1.03 bits per heavy atom. The predicted octanol–water partition coefficient (Wildman–Crippen LogP) is 4.10. The lowest BCUT2D eigenvalue weighted by Gasteiger charge is -2.21. The van der Waals surface area contributed by atoms with Crippen LogP contribution in [0.1, 0.15) is 30.9 Å². The average molecular weight is 439 g/mol. The van der Waals surface area contributed by atoms with Gasteiger partial charge < -0.3 is 24.1 Å². The maximum Gasteiger partial charge on any atom is 0.306 e. The Kier molecular flexibility index (Phi) is 8.14. The van der Waals surface area contributed by atoms with Crippen LogP contribution in [0.3, 0.4) is 0 Å². The molecule has 32 heavy (non-hydrogen) atoms. The first kappa shape index (κ1) is 23.2. The SMILES string of the molecule is CCN(Cc1ccc(OC)c(OC)c1)C(=O)COC(=O)CCCc1c[nH]c2ccccc12. The zero-order valence-corrected chi connectivity index (χ0v) is 18.8. The molecule has 0 saturated carbocycles. The monoisotopic (exact) mass is 438 g/mol. The van der Waals surface area contributed by atoms with Crippen molar-refractivity contribution in [2.24, 2.45) is 0 Å². The molecule has 0 bridgehead atoms. The molecule has 1 N–H and O–H groups in total. The van der Waals surface area contributed by atoms with Gasteiger partial charge in [-0.3, -0.25) is 9.59 Å². The molecule has 0 unspecified atom stereocenters. The molecule has 7 heteroatoms. The van der Waals surface area contributed by atoms with Crippen LogP contribution in [0.2, 0.25) is 0 Å². The summed E-state index contributed by atoms with van der Waals surface area (Å²) in [7, 11) is 3.15. The van der Waals surface area contributed by atoms with Crippen LogP contribution in [0, 0.1) is 0 Å². The number of carbonyl (C=O) groups is 2. The maximum atomic E-state index is 12.6. The molecule has 0 aliphatic heterocycles. The van der Waals surface area contributed by atoms with Crippen LogP contribution >= 0.6 is 0 Å². The lowest BCUT2D eigenvalue weighted by atomic mass is 10.1. The topological polar surface area (TPSA) is 80.9 Å². The molecule has 0 atom stereocenters. The average Bonchev–Trinajstić information content (AvgIpc) is 3.23. The third kappa shape index (κ3) is 5.81. The van der Waals surface area contributed by atoms with Crippen LogP contribution in [0.4, 0.5) is 0 Å². The summed E-state index contributed by atoms with van der Waals surface area (Å²) in [5, 5.41) is 1.17. The number of hydrogen-bond acceptors (Lipinski definition) is 5. The van der Waals surface area contributed by atoms with Gasteiger partial charge in [0.05, 0.1) is 14.2 Å². The first-order valence-corrected chi connectivity index (χ1v) is 10.7. The van der Waals surface area contributed by atoms with Crippen LogP contribution in [-0.2, 0) is 27.3 Å². The normalized spacial score (nSPS) is 10.7. The molecule has 7 nitrogen and oxygen atoms in total. The van der Waals surface area contributed by atoms with Crippen LogP contribution < -0.4 is 9.47 Å². The van der Waals surface area contributed by atoms with Gasteiger partial charge in [-0.25, -0.2) is 0 Å². The summed E-state index contributed by atoms with van der Waals surface area (Å²) in [4.78, 5) is 29.6. The number of ether oxygens (including phenoxy) is 3. The number of fused-ring (bicyclic) bond motifs is 1. The second kappa shape index (κ2) is 11.2. The number of hydrogen-bond donors (Lipinski definition) is 1. The fourth-order valence-corrected chi connectivity index (χ4v) is 3.64. The van der Waals surface area contributed by atoms with E-state index in [0.29, 0.717) is 31.0 Å². The van der Waals surface area contributed by atoms with Gasteiger partial charge >= 0.3 is 5.97 Å². The van der Waals surface area contributed by atoms with E-state index in [-0.39, 0.29) is 24.9 Å². The van der Waals surface area contributed by atoms with Crippen LogP contribution in [0.25, 0.3) is 10.9 Å². The van der Waals surface area contributed by atoms with Gasteiger partial charge in [0, 0.05) is 36.6 Å². The molecule has 2 aromatic carbocycles. The number of carbonyl (C=O) groups excluding carboxylic acids is 2. The summed E-state index contributed by atoms with van der Waals surface area (Å²) in [6.45, 7) is 2.54. The molecule has 0 radical (unpaired) electrons. The van der Waals surface area contributed by atoms with Crippen molar-refractivity contribution in [1.29, 1.82) is 0 Å². The number of para-hydroxylation sites is 1. The molecule has 3 rings (SSSR count). The van der Waals surface area contributed by atoms with Crippen molar-refractivity contribution < 1.29 is 23.8 Å². The van der Waals surface area contributed by atoms with Crippen molar-refractivity contribution in [2.75, 3.05) is 27.4 Å². The number of nitrogens with zero attached hydrogens (tertiary/aromatic N) is 1. The highest BCUT2D eigenvalue weighted by molar-refractivity contribution is 5.83. The number of H-pyrrole nitrogens is 1. The van der Waals surface area contributed by atoms with E-state index in [4.69, 9.17) is 14.2 Å². The Bertz CT molecular complexity index is 1060. The summed E-state index contributed by atoms with van der Waals surface area (Å²) in [6, 6.07) is 13.6. The maximum absolute atomic E-state index is 12.6. The first-order chi connectivity index (χ1) is 15.5. The number of likely N-dealkylation sites (N-methyl/N-ethyl adjacent to an activating group) is 1. The van der Waals surface area contributed by atoms with Gasteiger partial charge in [-0.15, -0.1) is 0 Å². The fourth-order valence-electron chi connectivity index (χ4n) is 3.64. The van der Waals surface area contributed by atoms with Gasteiger partial charge in [-0.2, -0.15) is 0 Å².